The van der Waals surface area contributed by atoms with E-state index in [0.29, 0.717) is 5.56 Å². The van der Waals surface area contributed by atoms with Gasteiger partial charge >= 0.3 is 0 Å². The van der Waals surface area contributed by atoms with Crippen molar-refractivity contribution in [3.05, 3.63) is 35.4 Å². The van der Waals surface area contributed by atoms with Crippen molar-refractivity contribution in [3.8, 4) is 0 Å². The maximum atomic E-state index is 10.8. The first-order valence-electron chi connectivity index (χ1n) is 5.73. The summed E-state index contributed by atoms with van der Waals surface area (Å²) >= 11 is 0. The first-order valence-corrected chi connectivity index (χ1v) is 5.73. The summed E-state index contributed by atoms with van der Waals surface area (Å²) in [6.45, 7) is 2.06. The molecule has 0 aliphatic carbocycles. The van der Waals surface area contributed by atoms with Gasteiger partial charge in [-0.2, -0.15) is 5.10 Å². The van der Waals surface area contributed by atoms with Crippen LogP contribution < -0.4 is 0 Å². The van der Waals surface area contributed by atoms with Gasteiger partial charge in [0.05, 0.1) is 6.21 Å². The summed E-state index contributed by atoms with van der Waals surface area (Å²) in [4.78, 5) is 10.8. The van der Waals surface area contributed by atoms with E-state index in [1.165, 1.54) is 19.3 Å². The number of carbonyl (C=O) groups excluding carboxylic acids is 1. The topological polar surface area (TPSA) is 32.7 Å². The molecule has 0 saturated carbocycles. The van der Waals surface area contributed by atoms with Crippen molar-refractivity contribution in [3.63, 3.8) is 0 Å². The van der Waals surface area contributed by atoms with Crippen LogP contribution in [0.1, 0.15) is 35.2 Å². The van der Waals surface area contributed by atoms with Crippen LogP contribution in [-0.2, 0) is 0 Å². The number of nitrogens with zero attached hydrogens (tertiary/aromatic N) is 2. The molecule has 0 atom stereocenters. The van der Waals surface area contributed by atoms with Crippen LogP contribution in [-0.4, -0.2) is 30.6 Å². The first-order chi connectivity index (χ1) is 7.90. The summed E-state index contributed by atoms with van der Waals surface area (Å²) in [6.07, 6.45) is 6.39. The lowest BCUT2D eigenvalue weighted by molar-refractivity contribution is 0.112. The maximum Gasteiger partial charge on any atom is 0.150 e. The van der Waals surface area contributed by atoms with Crippen LogP contribution in [0.5, 0.6) is 0 Å². The van der Waals surface area contributed by atoms with Gasteiger partial charge in [0.25, 0.3) is 0 Å². The lowest BCUT2D eigenvalue weighted by Crippen LogP contribution is -2.24. The zero-order valence-corrected chi connectivity index (χ0v) is 9.30. The third-order valence-corrected chi connectivity index (χ3v) is 2.82. The SMILES string of the molecule is O=Cc1ccccc1C=NN1CCCCC1. The maximum absolute atomic E-state index is 10.8. The van der Waals surface area contributed by atoms with Crippen molar-refractivity contribution in [1.29, 1.82) is 0 Å². The number of hydrazone groups is 1. The van der Waals surface area contributed by atoms with Crippen molar-refractivity contribution in [2.24, 2.45) is 5.10 Å². The Balaban J connectivity index is 2.07. The third kappa shape index (κ3) is 2.69. The fourth-order valence-corrected chi connectivity index (χ4v) is 1.87. The van der Waals surface area contributed by atoms with Gasteiger partial charge in [0.2, 0.25) is 0 Å². The van der Waals surface area contributed by atoms with Crippen LogP contribution in [0.15, 0.2) is 29.4 Å². The second-order valence-corrected chi connectivity index (χ2v) is 4.01. The molecule has 0 radical (unpaired) electrons. The number of piperidine rings is 1. The van der Waals surface area contributed by atoms with Gasteiger partial charge in [0.15, 0.2) is 6.29 Å². The van der Waals surface area contributed by atoms with E-state index in [2.05, 4.69) is 10.1 Å². The molecule has 3 nitrogen and oxygen atoms in total. The molecular formula is C13H16N2O. The van der Waals surface area contributed by atoms with E-state index in [-0.39, 0.29) is 0 Å². The Hall–Kier alpha value is -1.64. The van der Waals surface area contributed by atoms with Crippen molar-refractivity contribution < 1.29 is 4.79 Å². The predicted molar refractivity (Wildman–Crippen MR) is 64.8 cm³/mol. The zero-order valence-electron chi connectivity index (χ0n) is 9.30. The lowest BCUT2D eigenvalue weighted by atomic mass is 10.1. The Labute approximate surface area is 95.8 Å². The Bertz CT molecular complexity index is 381. The fourth-order valence-electron chi connectivity index (χ4n) is 1.87. The van der Waals surface area contributed by atoms with Crippen LogP contribution in [0.2, 0.25) is 0 Å². The molecule has 0 unspecified atom stereocenters. The van der Waals surface area contributed by atoms with Crippen LogP contribution in [0, 0.1) is 0 Å². The standard InChI is InChI=1S/C13H16N2O/c16-11-13-7-3-2-6-12(13)10-14-15-8-4-1-5-9-15/h2-3,6-7,10-11H,1,4-5,8-9H2. The van der Waals surface area contributed by atoms with E-state index in [1.807, 2.05) is 24.3 Å². The van der Waals surface area contributed by atoms with E-state index in [1.54, 1.807) is 6.21 Å². The smallest absolute Gasteiger partial charge is 0.150 e. The van der Waals surface area contributed by atoms with Crippen LogP contribution in [0.4, 0.5) is 0 Å². The van der Waals surface area contributed by atoms with Crippen molar-refractivity contribution in [1.82, 2.24) is 5.01 Å². The van der Waals surface area contributed by atoms with Gasteiger partial charge in [-0.05, 0) is 19.3 Å². The lowest BCUT2D eigenvalue weighted by Gasteiger charge is -2.23. The van der Waals surface area contributed by atoms with E-state index < -0.39 is 0 Å². The summed E-state index contributed by atoms with van der Waals surface area (Å²) in [5.74, 6) is 0. The Morgan fingerprint density at radius 2 is 1.75 bits per heavy atom. The molecule has 1 aliphatic heterocycles. The molecule has 0 aromatic heterocycles. The number of hydrogen-bond acceptors (Lipinski definition) is 3. The second kappa shape index (κ2) is 5.45. The minimum atomic E-state index is 0.697. The summed E-state index contributed by atoms with van der Waals surface area (Å²) in [5.41, 5.74) is 1.59. The van der Waals surface area contributed by atoms with Gasteiger partial charge in [0, 0.05) is 24.2 Å². The molecular weight excluding hydrogens is 200 g/mol. The van der Waals surface area contributed by atoms with Crippen LogP contribution in [0.25, 0.3) is 0 Å². The van der Waals surface area contributed by atoms with E-state index >= 15 is 0 Å². The third-order valence-electron chi connectivity index (χ3n) is 2.82. The highest BCUT2D eigenvalue weighted by atomic mass is 16.1. The summed E-state index contributed by atoms with van der Waals surface area (Å²) in [7, 11) is 0. The van der Waals surface area contributed by atoms with Crippen LogP contribution in [0.3, 0.4) is 0 Å². The molecule has 3 heteroatoms. The van der Waals surface area contributed by atoms with E-state index in [0.717, 1.165) is 24.9 Å². The average Bonchev–Trinajstić information content (AvgIpc) is 2.38. The molecule has 0 N–H and O–H groups in total. The van der Waals surface area contributed by atoms with Gasteiger partial charge in [-0.1, -0.05) is 24.3 Å². The minimum Gasteiger partial charge on any atom is -0.298 e. The molecule has 1 aliphatic rings. The van der Waals surface area contributed by atoms with Gasteiger partial charge in [-0.15, -0.1) is 0 Å². The van der Waals surface area contributed by atoms with Crippen LogP contribution >= 0.6 is 0 Å². The quantitative estimate of drug-likeness (QED) is 0.573. The normalized spacial score (nSPS) is 16.6. The highest BCUT2D eigenvalue weighted by molar-refractivity contribution is 5.92. The molecule has 0 spiro atoms. The van der Waals surface area contributed by atoms with Gasteiger partial charge in [-0.3, -0.25) is 9.80 Å². The zero-order chi connectivity index (χ0) is 11.2. The number of carbonyl (C=O) groups is 1. The highest BCUT2D eigenvalue weighted by Gasteiger charge is 2.06. The van der Waals surface area contributed by atoms with E-state index in [9.17, 15) is 4.79 Å². The van der Waals surface area contributed by atoms with Gasteiger partial charge < -0.3 is 0 Å². The summed E-state index contributed by atoms with van der Waals surface area (Å²) in [6, 6.07) is 7.51. The number of rotatable bonds is 3. The van der Waals surface area contributed by atoms with E-state index in [4.69, 9.17) is 0 Å². The molecule has 2 rings (SSSR count). The predicted octanol–water partition coefficient (Wildman–Crippen LogP) is 2.32. The molecule has 84 valence electrons. The minimum absolute atomic E-state index is 0.697. The molecule has 1 aromatic carbocycles. The molecule has 1 aromatic rings. The van der Waals surface area contributed by atoms with Gasteiger partial charge in [-0.25, -0.2) is 0 Å². The average molecular weight is 216 g/mol. The van der Waals surface area contributed by atoms with Crippen molar-refractivity contribution >= 4 is 12.5 Å². The van der Waals surface area contributed by atoms with Crippen molar-refractivity contribution in [2.45, 2.75) is 19.3 Å². The summed E-state index contributed by atoms with van der Waals surface area (Å²) in [5, 5.41) is 6.49. The monoisotopic (exact) mass is 216 g/mol. The Morgan fingerprint density at radius 1 is 1.06 bits per heavy atom. The highest BCUT2D eigenvalue weighted by Crippen LogP contribution is 2.09. The summed E-state index contributed by atoms with van der Waals surface area (Å²) < 4.78 is 0. The molecule has 0 bridgehead atoms. The number of aldehydes is 1. The molecule has 0 amide bonds. The molecule has 1 fully saturated rings. The molecule has 1 saturated heterocycles. The molecule has 1 heterocycles. The first kappa shape index (κ1) is 10.9. The molecule has 16 heavy (non-hydrogen) atoms. The number of benzene rings is 1. The largest absolute Gasteiger partial charge is 0.298 e. The second-order valence-electron chi connectivity index (χ2n) is 4.01. The number of hydrogen-bond donors (Lipinski definition) is 0. The van der Waals surface area contributed by atoms with Gasteiger partial charge in [0.1, 0.15) is 0 Å². The Morgan fingerprint density at radius 3 is 2.44 bits per heavy atom. The fraction of sp³-hybridized carbons (Fsp3) is 0.385. The van der Waals surface area contributed by atoms with Crippen molar-refractivity contribution in [2.75, 3.05) is 13.1 Å². The Kier molecular flexibility index (Phi) is 3.70.